The maximum Gasteiger partial charge on any atom is 0.127 e. The van der Waals surface area contributed by atoms with Gasteiger partial charge in [0.15, 0.2) is 0 Å². The molecule has 0 aliphatic heterocycles. The molecule has 0 saturated heterocycles. The van der Waals surface area contributed by atoms with Gasteiger partial charge in [0.1, 0.15) is 11.5 Å². The summed E-state index contributed by atoms with van der Waals surface area (Å²) in [5, 5.41) is 3.47. The fourth-order valence-corrected chi connectivity index (χ4v) is 1.71. The smallest absolute Gasteiger partial charge is 0.127 e. The predicted octanol–water partition coefficient (Wildman–Crippen LogP) is 4.37. The zero-order valence-corrected chi connectivity index (χ0v) is 11.8. The van der Waals surface area contributed by atoms with E-state index in [1.54, 1.807) is 0 Å². The van der Waals surface area contributed by atoms with Gasteiger partial charge in [0.05, 0.1) is 0 Å². The first kappa shape index (κ1) is 13.6. The molecule has 19 heavy (non-hydrogen) atoms. The molecule has 2 rings (SSSR count). The zero-order valence-electron chi connectivity index (χ0n) is 11.8. The Balaban J connectivity index is 2.03. The Bertz CT molecular complexity index is 514. The molecule has 2 aromatic carbocycles. The van der Waals surface area contributed by atoms with Crippen LogP contribution in [-0.4, -0.2) is 5.54 Å². The summed E-state index contributed by atoms with van der Waals surface area (Å²) >= 11 is 0. The van der Waals surface area contributed by atoms with E-state index in [0.717, 1.165) is 18.0 Å². The molecule has 0 fully saturated rings. The Labute approximate surface area is 115 Å². The second-order valence-corrected chi connectivity index (χ2v) is 5.67. The molecule has 0 unspecified atom stereocenters. The first-order valence-electron chi connectivity index (χ1n) is 6.60. The molecule has 0 aliphatic rings. The van der Waals surface area contributed by atoms with Crippen LogP contribution in [0.1, 0.15) is 26.3 Å². The first-order valence-corrected chi connectivity index (χ1v) is 6.60. The molecule has 0 radical (unpaired) electrons. The fourth-order valence-electron chi connectivity index (χ4n) is 1.71. The summed E-state index contributed by atoms with van der Waals surface area (Å²) in [5.41, 5.74) is 1.35. The number of para-hydroxylation sites is 1. The molecule has 0 aromatic heterocycles. The third-order valence-electron chi connectivity index (χ3n) is 2.70. The molecule has 0 heterocycles. The lowest BCUT2D eigenvalue weighted by Crippen LogP contribution is -2.35. The minimum atomic E-state index is 0.121. The summed E-state index contributed by atoms with van der Waals surface area (Å²) in [4.78, 5) is 0. The molecular weight excluding hydrogens is 234 g/mol. The monoisotopic (exact) mass is 255 g/mol. The first-order chi connectivity index (χ1) is 9.03. The summed E-state index contributed by atoms with van der Waals surface area (Å²) in [6.07, 6.45) is 0. The molecule has 0 bridgehead atoms. The van der Waals surface area contributed by atoms with Crippen molar-refractivity contribution in [1.29, 1.82) is 0 Å². The van der Waals surface area contributed by atoms with Gasteiger partial charge < -0.3 is 10.1 Å². The predicted molar refractivity (Wildman–Crippen MR) is 79.6 cm³/mol. The van der Waals surface area contributed by atoms with Crippen molar-refractivity contribution in [3.05, 3.63) is 60.2 Å². The summed E-state index contributed by atoms with van der Waals surface area (Å²) < 4.78 is 5.82. The highest BCUT2D eigenvalue weighted by Gasteiger charge is 2.08. The van der Waals surface area contributed by atoms with Gasteiger partial charge in [-0.1, -0.05) is 30.3 Å². The average Bonchev–Trinajstić information content (AvgIpc) is 2.37. The number of rotatable bonds is 4. The SMILES string of the molecule is CC(C)(C)NCc1cccc(Oc2ccccc2)c1. The minimum absolute atomic E-state index is 0.121. The van der Waals surface area contributed by atoms with E-state index in [9.17, 15) is 0 Å². The lowest BCUT2D eigenvalue weighted by Gasteiger charge is -2.20. The van der Waals surface area contributed by atoms with Gasteiger partial charge in [-0.15, -0.1) is 0 Å². The van der Waals surface area contributed by atoms with Crippen LogP contribution < -0.4 is 10.1 Å². The van der Waals surface area contributed by atoms with Gasteiger partial charge in [0, 0.05) is 12.1 Å². The Kier molecular flexibility index (Phi) is 4.23. The maximum atomic E-state index is 5.82. The van der Waals surface area contributed by atoms with E-state index >= 15 is 0 Å². The summed E-state index contributed by atoms with van der Waals surface area (Å²) in [5.74, 6) is 1.74. The van der Waals surface area contributed by atoms with Gasteiger partial charge in [0.25, 0.3) is 0 Å². The lowest BCUT2D eigenvalue weighted by molar-refractivity contribution is 0.423. The largest absolute Gasteiger partial charge is 0.457 e. The molecule has 100 valence electrons. The highest BCUT2D eigenvalue weighted by molar-refractivity contribution is 5.33. The van der Waals surface area contributed by atoms with Gasteiger partial charge in [-0.3, -0.25) is 0 Å². The summed E-state index contributed by atoms with van der Waals surface area (Å²) in [6.45, 7) is 7.33. The normalized spacial score (nSPS) is 11.3. The van der Waals surface area contributed by atoms with Gasteiger partial charge in [0.2, 0.25) is 0 Å². The van der Waals surface area contributed by atoms with Crippen LogP contribution in [0, 0.1) is 0 Å². The van der Waals surface area contributed by atoms with Crippen LogP contribution >= 0.6 is 0 Å². The van der Waals surface area contributed by atoms with E-state index in [-0.39, 0.29) is 5.54 Å². The molecule has 2 heteroatoms. The highest BCUT2D eigenvalue weighted by Crippen LogP contribution is 2.21. The standard InChI is InChI=1S/C17H21NO/c1-17(2,3)18-13-14-8-7-11-16(12-14)19-15-9-5-4-6-10-15/h4-12,18H,13H2,1-3H3. The van der Waals surface area contributed by atoms with Crippen LogP contribution in [0.4, 0.5) is 0 Å². The Morgan fingerprint density at radius 1 is 0.895 bits per heavy atom. The number of hydrogen-bond donors (Lipinski definition) is 1. The van der Waals surface area contributed by atoms with Crippen LogP contribution in [0.5, 0.6) is 11.5 Å². The van der Waals surface area contributed by atoms with E-state index in [4.69, 9.17) is 4.74 Å². The summed E-state index contributed by atoms with van der Waals surface area (Å²) in [6, 6.07) is 18.0. The molecule has 2 aromatic rings. The topological polar surface area (TPSA) is 21.3 Å². The lowest BCUT2D eigenvalue weighted by atomic mass is 10.1. The van der Waals surface area contributed by atoms with Gasteiger partial charge in [-0.2, -0.15) is 0 Å². The Morgan fingerprint density at radius 2 is 1.58 bits per heavy atom. The molecule has 0 aliphatic carbocycles. The number of ether oxygens (including phenoxy) is 1. The third kappa shape index (κ3) is 4.76. The quantitative estimate of drug-likeness (QED) is 0.876. The molecule has 0 amide bonds. The van der Waals surface area contributed by atoms with Gasteiger partial charge in [-0.05, 0) is 50.6 Å². The van der Waals surface area contributed by atoms with Gasteiger partial charge in [-0.25, -0.2) is 0 Å². The molecule has 0 spiro atoms. The Hall–Kier alpha value is -1.80. The van der Waals surface area contributed by atoms with E-state index in [1.165, 1.54) is 5.56 Å². The van der Waals surface area contributed by atoms with Crippen LogP contribution in [-0.2, 0) is 6.54 Å². The Morgan fingerprint density at radius 3 is 2.26 bits per heavy atom. The van der Waals surface area contributed by atoms with Crippen molar-refractivity contribution in [3.8, 4) is 11.5 Å². The molecule has 0 saturated carbocycles. The number of nitrogens with one attached hydrogen (secondary N) is 1. The average molecular weight is 255 g/mol. The molecular formula is C17H21NO. The van der Waals surface area contributed by atoms with E-state index in [1.807, 2.05) is 42.5 Å². The second-order valence-electron chi connectivity index (χ2n) is 5.67. The third-order valence-corrected chi connectivity index (χ3v) is 2.70. The molecule has 0 atom stereocenters. The second kappa shape index (κ2) is 5.89. The van der Waals surface area contributed by atoms with Crippen molar-refractivity contribution in [2.75, 3.05) is 0 Å². The van der Waals surface area contributed by atoms with E-state index in [0.29, 0.717) is 0 Å². The van der Waals surface area contributed by atoms with Crippen LogP contribution in [0.15, 0.2) is 54.6 Å². The molecule has 2 nitrogen and oxygen atoms in total. The van der Waals surface area contributed by atoms with Crippen molar-refractivity contribution in [1.82, 2.24) is 5.32 Å². The van der Waals surface area contributed by atoms with E-state index in [2.05, 4.69) is 38.2 Å². The maximum absolute atomic E-state index is 5.82. The van der Waals surface area contributed by atoms with Crippen molar-refractivity contribution >= 4 is 0 Å². The number of benzene rings is 2. The van der Waals surface area contributed by atoms with Crippen molar-refractivity contribution in [2.45, 2.75) is 32.9 Å². The van der Waals surface area contributed by atoms with Crippen LogP contribution in [0.25, 0.3) is 0 Å². The van der Waals surface area contributed by atoms with Crippen LogP contribution in [0.2, 0.25) is 0 Å². The number of hydrogen-bond acceptors (Lipinski definition) is 2. The van der Waals surface area contributed by atoms with Crippen LogP contribution in [0.3, 0.4) is 0 Å². The summed E-state index contributed by atoms with van der Waals surface area (Å²) in [7, 11) is 0. The zero-order chi connectivity index (χ0) is 13.7. The minimum Gasteiger partial charge on any atom is -0.457 e. The van der Waals surface area contributed by atoms with Crippen molar-refractivity contribution in [3.63, 3.8) is 0 Å². The molecule has 1 N–H and O–H groups in total. The van der Waals surface area contributed by atoms with Crippen molar-refractivity contribution in [2.24, 2.45) is 0 Å². The fraction of sp³-hybridized carbons (Fsp3) is 0.294. The van der Waals surface area contributed by atoms with E-state index < -0.39 is 0 Å². The highest BCUT2D eigenvalue weighted by atomic mass is 16.5. The van der Waals surface area contributed by atoms with Gasteiger partial charge >= 0.3 is 0 Å². The van der Waals surface area contributed by atoms with Crippen molar-refractivity contribution < 1.29 is 4.74 Å².